The third-order valence-electron chi connectivity index (χ3n) is 5.37. The summed E-state index contributed by atoms with van der Waals surface area (Å²) < 4.78 is 0. The Kier molecular flexibility index (Phi) is 4.36. The minimum atomic E-state index is -0.823. The van der Waals surface area contributed by atoms with Crippen LogP contribution in [0.25, 0.3) is 16.8 Å². The van der Waals surface area contributed by atoms with Gasteiger partial charge in [0.05, 0.1) is 22.6 Å². The smallest absolute Gasteiger partial charge is 0.302 e. The number of ketones is 1. The predicted octanol–water partition coefficient (Wildman–Crippen LogP) is 3.89. The number of hydrogen-bond acceptors (Lipinski definition) is 5. The van der Waals surface area contributed by atoms with Crippen molar-refractivity contribution in [3.05, 3.63) is 95.3 Å². The van der Waals surface area contributed by atoms with Crippen molar-refractivity contribution >= 4 is 34.4 Å². The van der Waals surface area contributed by atoms with E-state index >= 15 is 0 Å². The Morgan fingerprint density at radius 1 is 1.03 bits per heavy atom. The zero-order valence-electron chi connectivity index (χ0n) is 16.6. The normalized spacial score (nSPS) is 18.1. The van der Waals surface area contributed by atoms with Crippen molar-refractivity contribution in [2.24, 2.45) is 0 Å². The van der Waals surface area contributed by atoms with Gasteiger partial charge in [-0.2, -0.15) is 0 Å². The van der Waals surface area contributed by atoms with Crippen LogP contribution in [0.5, 0.6) is 0 Å². The Morgan fingerprint density at radius 2 is 1.77 bits per heavy atom. The molecular formula is C24H18N4O3. The van der Waals surface area contributed by atoms with Gasteiger partial charge in [-0.25, -0.2) is 4.98 Å². The lowest BCUT2D eigenvalue weighted by molar-refractivity contribution is -0.132. The third-order valence-corrected chi connectivity index (χ3v) is 5.37. The fourth-order valence-corrected chi connectivity index (χ4v) is 3.89. The average molecular weight is 410 g/mol. The van der Waals surface area contributed by atoms with E-state index in [4.69, 9.17) is 0 Å². The molecule has 0 bridgehead atoms. The molecule has 5 rings (SSSR count). The molecule has 1 aliphatic heterocycles. The predicted molar refractivity (Wildman–Crippen MR) is 116 cm³/mol. The van der Waals surface area contributed by atoms with Crippen LogP contribution in [0.2, 0.25) is 0 Å². The van der Waals surface area contributed by atoms with Gasteiger partial charge in [0.25, 0.3) is 5.78 Å². The number of aromatic nitrogens is 3. The maximum absolute atomic E-state index is 13.1. The van der Waals surface area contributed by atoms with E-state index in [2.05, 4.69) is 15.0 Å². The van der Waals surface area contributed by atoms with Crippen molar-refractivity contribution in [2.75, 3.05) is 4.90 Å². The Balaban J connectivity index is 1.73. The number of benzene rings is 2. The van der Waals surface area contributed by atoms with Gasteiger partial charge in [-0.1, -0.05) is 36.4 Å². The number of rotatable bonds is 3. The van der Waals surface area contributed by atoms with Crippen LogP contribution in [0.15, 0.2) is 78.6 Å². The number of aromatic amines is 1. The molecule has 0 spiro atoms. The number of amides is 1. The number of carbonyl (C=O) groups excluding carboxylic acids is 2. The Hall–Kier alpha value is -4.26. The first-order valence-electron chi connectivity index (χ1n) is 9.77. The van der Waals surface area contributed by atoms with Gasteiger partial charge in [-0.05, 0) is 42.3 Å². The van der Waals surface area contributed by atoms with Gasteiger partial charge in [0.2, 0.25) is 5.95 Å². The second-order valence-corrected chi connectivity index (χ2v) is 7.40. The van der Waals surface area contributed by atoms with Crippen LogP contribution in [0, 0.1) is 6.92 Å². The van der Waals surface area contributed by atoms with E-state index in [0.29, 0.717) is 16.6 Å². The van der Waals surface area contributed by atoms with E-state index in [0.717, 1.165) is 11.1 Å². The molecule has 0 saturated carbocycles. The molecule has 7 heteroatoms. The van der Waals surface area contributed by atoms with Crippen LogP contribution in [0.4, 0.5) is 5.95 Å². The third kappa shape index (κ3) is 3.07. The largest absolute Gasteiger partial charge is 0.507 e. The molecule has 1 unspecified atom stereocenters. The van der Waals surface area contributed by atoms with Crippen LogP contribution in [0.1, 0.15) is 22.7 Å². The number of imidazole rings is 1. The molecule has 31 heavy (non-hydrogen) atoms. The van der Waals surface area contributed by atoms with Crippen molar-refractivity contribution in [3.63, 3.8) is 0 Å². The summed E-state index contributed by atoms with van der Waals surface area (Å²) in [5.41, 5.74) is 3.60. The van der Waals surface area contributed by atoms with E-state index in [1.54, 1.807) is 12.1 Å². The number of H-pyrrole nitrogens is 1. The maximum atomic E-state index is 13.1. The number of fused-ring (bicyclic) bond motifs is 1. The molecular weight excluding hydrogens is 392 g/mol. The molecule has 0 radical (unpaired) electrons. The highest BCUT2D eigenvalue weighted by atomic mass is 16.3. The molecule has 2 N–H and O–H groups in total. The highest BCUT2D eigenvalue weighted by Gasteiger charge is 2.48. The molecule has 2 aromatic carbocycles. The highest BCUT2D eigenvalue weighted by molar-refractivity contribution is 6.51. The molecule has 1 atom stereocenters. The molecule has 3 heterocycles. The van der Waals surface area contributed by atoms with Crippen LogP contribution >= 0.6 is 0 Å². The number of carbonyl (C=O) groups is 2. The zero-order chi connectivity index (χ0) is 21.5. The number of Topliss-reactive ketones (excluding diaryl/α,β-unsaturated/α-hetero) is 1. The van der Waals surface area contributed by atoms with Crippen LogP contribution < -0.4 is 4.90 Å². The zero-order valence-corrected chi connectivity index (χ0v) is 16.6. The SMILES string of the molecule is Cc1ccc2nc(N3C(=O)C(=O)/C(=C(/O)c4ccncc4)C3c3ccccc3)[nH]c2c1. The van der Waals surface area contributed by atoms with Gasteiger partial charge in [0.15, 0.2) is 0 Å². The van der Waals surface area contributed by atoms with Crippen molar-refractivity contribution in [2.45, 2.75) is 13.0 Å². The number of hydrogen-bond donors (Lipinski definition) is 2. The lowest BCUT2D eigenvalue weighted by Crippen LogP contribution is -2.30. The van der Waals surface area contributed by atoms with E-state index in [1.807, 2.05) is 55.5 Å². The quantitative estimate of drug-likeness (QED) is 0.303. The lowest BCUT2D eigenvalue weighted by Gasteiger charge is -2.23. The van der Waals surface area contributed by atoms with E-state index in [-0.39, 0.29) is 17.3 Å². The van der Waals surface area contributed by atoms with Crippen LogP contribution in [-0.2, 0) is 9.59 Å². The second-order valence-electron chi connectivity index (χ2n) is 7.40. The van der Waals surface area contributed by atoms with E-state index in [1.165, 1.54) is 17.3 Å². The first-order chi connectivity index (χ1) is 15.0. The van der Waals surface area contributed by atoms with Gasteiger partial charge in [0.1, 0.15) is 5.76 Å². The Bertz CT molecular complexity index is 1340. The van der Waals surface area contributed by atoms with Gasteiger partial charge in [0, 0.05) is 18.0 Å². The second kappa shape index (κ2) is 7.21. The Morgan fingerprint density at radius 3 is 2.52 bits per heavy atom. The number of aliphatic hydroxyl groups excluding tert-OH is 1. The number of nitrogens with one attached hydrogen (secondary N) is 1. The minimum absolute atomic E-state index is 0.0130. The van der Waals surface area contributed by atoms with Crippen molar-refractivity contribution in [3.8, 4) is 0 Å². The van der Waals surface area contributed by atoms with Crippen molar-refractivity contribution in [1.82, 2.24) is 15.0 Å². The standard InChI is InChI=1S/C24H18N4O3/c1-14-7-8-17-18(13-14)27-24(26-17)28-20(15-5-3-2-4-6-15)19(22(30)23(28)31)21(29)16-9-11-25-12-10-16/h2-13,20,29H,1H3,(H,26,27)/b21-19+. The summed E-state index contributed by atoms with van der Waals surface area (Å²) in [7, 11) is 0. The number of pyridine rings is 1. The molecule has 4 aromatic rings. The molecule has 1 aliphatic rings. The topological polar surface area (TPSA) is 99.2 Å². The molecule has 7 nitrogen and oxygen atoms in total. The summed E-state index contributed by atoms with van der Waals surface area (Å²) in [6.45, 7) is 1.96. The fraction of sp³-hybridized carbons (Fsp3) is 0.0833. The summed E-state index contributed by atoms with van der Waals surface area (Å²) in [5, 5.41) is 11.0. The summed E-state index contributed by atoms with van der Waals surface area (Å²) in [6, 6.07) is 17.2. The van der Waals surface area contributed by atoms with E-state index < -0.39 is 17.7 Å². The van der Waals surface area contributed by atoms with Crippen molar-refractivity contribution < 1.29 is 14.7 Å². The Labute approximate surface area is 177 Å². The summed E-state index contributed by atoms with van der Waals surface area (Å²) in [5.74, 6) is -1.51. The molecule has 1 amide bonds. The van der Waals surface area contributed by atoms with Crippen LogP contribution in [-0.4, -0.2) is 31.7 Å². The van der Waals surface area contributed by atoms with Gasteiger partial charge in [-0.15, -0.1) is 0 Å². The highest BCUT2D eigenvalue weighted by Crippen LogP contribution is 2.41. The minimum Gasteiger partial charge on any atom is -0.507 e. The monoisotopic (exact) mass is 410 g/mol. The van der Waals surface area contributed by atoms with E-state index in [9.17, 15) is 14.7 Å². The van der Waals surface area contributed by atoms with Gasteiger partial charge >= 0.3 is 5.91 Å². The molecule has 1 fully saturated rings. The molecule has 2 aromatic heterocycles. The fourth-order valence-electron chi connectivity index (χ4n) is 3.89. The van der Waals surface area contributed by atoms with Crippen LogP contribution in [0.3, 0.4) is 0 Å². The molecule has 0 aliphatic carbocycles. The van der Waals surface area contributed by atoms with Gasteiger partial charge < -0.3 is 10.1 Å². The summed E-state index contributed by atoms with van der Waals surface area (Å²) in [4.78, 5) is 39.2. The first-order valence-corrected chi connectivity index (χ1v) is 9.77. The molecule has 1 saturated heterocycles. The number of nitrogens with zero attached hydrogens (tertiary/aromatic N) is 3. The first kappa shape index (κ1) is 18.7. The molecule has 152 valence electrons. The average Bonchev–Trinajstić information content (AvgIpc) is 3.32. The number of anilines is 1. The summed E-state index contributed by atoms with van der Waals surface area (Å²) >= 11 is 0. The summed E-state index contributed by atoms with van der Waals surface area (Å²) in [6.07, 6.45) is 3.04. The number of aliphatic hydroxyl groups is 1. The number of aryl methyl sites for hydroxylation is 1. The van der Waals surface area contributed by atoms with Crippen molar-refractivity contribution in [1.29, 1.82) is 0 Å². The van der Waals surface area contributed by atoms with Gasteiger partial charge in [-0.3, -0.25) is 19.5 Å². The maximum Gasteiger partial charge on any atom is 0.302 e. The lowest BCUT2D eigenvalue weighted by atomic mass is 9.96.